The Labute approximate surface area is 114 Å². The maximum atomic E-state index is 11.6. The van der Waals surface area contributed by atoms with E-state index in [-0.39, 0.29) is 5.56 Å². The fraction of sp³-hybridized carbons (Fsp3) is 0.643. The highest BCUT2D eigenvalue weighted by Crippen LogP contribution is 2.18. The number of aromatic nitrogens is 1. The van der Waals surface area contributed by atoms with Gasteiger partial charge in [-0.05, 0) is 18.9 Å². The summed E-state index contributed by atoms with van der Waals surface area (Å²) in [7, 11) is 1.76. The highest BCUT2D eigenvalue weighted by atomic mass is 16.5. The van der Waals surface area contributed by atoms with E-state index in [0.717, 1.165) is 25.9 Å². The van der Waals surface area contributed by atoms with E-state index in [1.165, 1.54) is 0 Å². The molecule has 2 atom stereocenters. The molecular weight excluding hydrogens is 242 g/mol. The van der Waals surface area contributed by atoms with Crippen molar-refractivity contribution in [2.24, 2.45) is 5.73 Å². The van der Waals surface area contributed by atoms with Crippen LogP contribution in [0, 0.1) is 0 Å². The van der Waals surface area contributed by atoms with Gasteiger partial charge in [0, 0.05) is 51.6 Å². The van der Waals surface area contributed by atoms with E-state index in [1.807, 2.05) is 12.3 Å². The lowest BCUT2D eigenvalue weighted by Crippen LogP contribution is -2.49. The summed E-state index contributed by atoms with van der Waals surface area (Å²) in [6, 6.07) is 5.61. The third-order valence-electron chi connectivity index (χ3n) is 3.92. The number of pyridine rings is 1. The molecule has 5 nitrogen and oxygen atoms in total. The Morgan fingerprint density at radius 1 is 1.42 bits per heavy atom. The molecule has 0 radical (unpaired) electrons. The number of hydrogen-bond acceptors (Lipinski definition) is 4. The molecule has 106 valence electrons. The van der Waals surface area contributed by atoms with Gasteiger partial charge in [-0.3, -0.25) is 9.69 Å². The van der Waals surface area contributed by atoms with Crippen LogP contribution >= 0.6 is 0 Å². The molecule has 0 aliphatic carbocycles. The SMILES string of the molecule is COC1CCN(CCn2ccccc2=O)C(CN)C1. The molecule has 2 unspecified atom stereocenters. The van der Waals surface area contributed by atoms with Crippen molar-refractivity contribution in [2.45, 2.75) is 31.5 Å². The summed E-state index contributed by atoms with van der Waals surface area (Å²) in [6.45, 7) is 3.21. The maximum absolute atomic E-state index is 11.6. The van der Waals surface area contributed by atoms with Crippen molar-refractivity contribution in [1.82, 2.24) is 9.47 Å². The topological polar surface area (TPSA) is 60.5 Å². The van der Waals surface area contributed by atoms with Crippen LogP contribution in [0.4, 0.5) is 0 Å². The zero-order valence-corrected chi connectivity index (χ0v) is 11.5. The summed E-state index contributed by atoms with van der Waals surface area (Å²) < 4.78 is 7.16. The van der Waals surface area contributed by atoms with Crippen molar-refractivity contribution in [2.75, 3.05) is 26.7 Å². The molecule has 0 amide bonds. The molecule has 0 aromatic carbocycles. The first-order valence-electron chi connectivity index (χ1n) is 6.87. The van der Waals surface area contributed by atoms with Crippen LogP contribution in [0.2, 0.25) is 0 Å². The number of likely N-dealkylation sites (tertiary alicyclic amines) is 1. The minimum Gasteiger partial charge on any atom is -0.381 e. The largest absolute Gasteiger partial charge is 0.381 e. The molecule has 19 heavy (non-hydrogen) atoms. The Bertz CT molecular complexity index is 446. The third kappa shape index (κ3) is 3.65. The average Bonchev–Trinajstić information content (AvgIpc) is 2.46. The minimum absolute atomic E-state index is 0.0542. The van der Waals surface area contributed by atoms with Crippen LogP contribution in [0.25, 0.3) is 0 Å². The van der Waals surface area contributed by atoms with E-state index < -0.39 is 0 Å². The molecule has 2 heterocycles. The Morgan fingerprint density at radius 2 is 2.26 bits per heavy atom. The van der Waals surface area contributed by atoms with Crippen LogP contribution in [-0.4, -0.2) is 48.4 Å². The van der Waals surface area contributed by atoms with Crippen molar-refractivity contribution in [3.05, 3.63) is 34.7 Å². The van der Waals surface area contributed by atoms with Crippen LogP contribution in [0.5, 0.6) is 0 Å². The summed E-state index contributed by atoms with van der Waals surface area (Å²) in [5, 5.41) is 0. The van der Waals surface area contributed by atoms with Gasteiger partial charge in [0.1, 0.15) is 0 Å². The molecular formula is C14H23N3O2. The van der Waals surface area contributed by atoms with Crippen molar-refractivity contribution >= 4 is 0 Å². The number of nitrogens with zero attached hydrogens (tertiary/aromatic N) is 2. The lowest BCUT2D eigenvalue weighted by Gasteiger charge is -2.38. The van der Waals surface area contributed by atoms with Gasteiger partial charge in [-0.2, -0.15) is 0 Å². The van der Waals surface area contributed by atoms with Crippen LogP contribution < -0.4 is 11.3 Å². The molecule has 1 aromatic heterocycles. The number of hydrogen-bond donors (Lipinski definition) is 1. The van der Waals surface area contributed by atoms with Gasteiger partial charge >= 0.3 is 0 Å². The van der Waals surface area contributed by atoms with E-state index in [0.29, 0.717) is 25.2 Å². The second-order valence-corrected chi connectivity index (χ2v) is 5.04. The molecule has 1 fully saturated rings. The minimum atomic E-state index is 0.0542. The summed E-state index contributed by atoms with van der Waals surface area (Å²) in [4.78, 5) is 14.0. The highest BCUT2D eigenvalue weighted by Gasteiger charge is 2.27. The molecule has 1 aromatic rings. The Morgan fingerprint density at radius 3 is 2.95 bits per heavy atom. The van der Waals surface area contributed by atoms with Gasteiger partial charge < -0.3 is 15.0 Å². The Kier molecular flexibility index (Phi) is 5.13. The van der Waals surface area contributed by atoms with Crippen LogP contribution in [-0.2, 0) is 11.3 Å². The number of rotatable bonds is 5. The average molecular weight is 265 g/mol. The molecule has 5 heteroatoms. The van der Waals surface area contributed by atoms with E-state index in [4.69, 9.17) is 10.5 Å². The normalized spacial score (nSPS) is 24.5. The fourth-order valence-electron chi connectivity index (χ4n) is 2.70. The molecule has 1 saturated heterocycles. The lowest BCUT2D eigenvalue weighted by atomic mass is 9.99. The maximum Gasteiger partial charge on any atom is 0.250 e. The highest BCUT2D eigenvalue weighted by molar-refractivity contribution is 4.93. The number of ether oxygens (including phenoxy) is 1. The van der Waals surface area contributed by atoms with E-state index in [2.05, 4.69) is 4.90 Å². The lowest BCUT2D eigenvalue weighted by molar-refractivity contribution is 0.0121. The zero-order valence-electron chi connectivity index (χ0n) is 11.5. The first-order chi connectivity index (χ1) is 9.24. The molecule has 2 rings (SSSR count). The molecule has 1 aliphatic heterocycles. The number of nitrogens with two attached hydrogens (primary N) is 1. The van der Waals surface area contributed by atoms with Gasteiger partial charge in [-0.15, -0.1) is 0 Å². The predicted molar refractivity (Wildman–Crippen MR) is 75.1 cm³/mol. The summed E-state index contributed by atoms with van der Waals surface area (Å²) in [6.07, 6.45) is 4.18. The van der Waals surface area contributed by atoms with Gasteiger partial charge in [0.2, 0.25) is 0 Å². The van der Waals surface area contributed by atoms with E-state index in [9.17, 15) is 4.79 Å². The molecule has 0 spiro atoms. The fourth-order valence-corrected chi connectivity index (χ4v) is 2.70. The van der Waals surface area contributed by atoms with Crippen LogP contribution in [0.1, 0.15) is 12.8 Å². The van der Waals surface area contributed by atoms with E-state index >= 15 is 0 Å². The number of piperidine rings is 1. The monoisotopic (exact) mass is 265 g/mol. The Hall–Kier alpha value is -1.17. The van der Waals surface area contributed by atoms with Crippen molar-refractivity contribution in [3.63, 3.8) is 0 Å². The van der Waals surface area contributed by atoms with Gasteiger partial charge in [-0.25, -0.2) is 0 Å². The number of methoxy groups -OCH3 is 1. The standard InChI is InChI=1S/C14H23N3O2/c1-19-13-5-7-16(12(10-13)11-15)8-9-17-6-3-2-4-14(17)18/h2-4,6,12-13H,5,7-11,15H2,1H3. The van der Waals surface area contributed by atoms with Crippen molar-refractivity contribution < 1.29 is 4.74 Å². The van der Waals surface area contributed by atoms with Crippen LogP contribution in [0.3, 0.4) is 0 Å². The zero-order chi connectivity index (χ0) is 13.7. The predicted octanol–water partition coefficient (Wildman–Crippen LogP) is 0.286. The molecule has 0 bridgehead atoms. The Balaban J connectivity index is 1.92. The molecule has 0 saturated carbocycles. The van der Waals surface area contributed by atoms with Gasteiger partial charge in [0.15, 0.2) is 0 Å². The quantitative estimate of drug-likeness (QED) is 0.831. The summed E-state index contributed by atoms with van der Waals surface area (Å²) in [5.41, 5.74) is 5.90. The van der Waals surface area contributed by atoms with E-state index in [1.54, 1.807) is 23.8 Å². The third-order valence-corrected chi connectivity index (χ3v) is 3.92. The first kappa shape index (κ1) is 14.2. The second kappa shape index (κ2) is 6.84. The smallest absolute Gasteiger partial charge is 0.250 e. The van der Waals surface area contributed by atoms with Crippen molar-refractivity contribution in [1.29, 1.82) is 0 Å². The van der Waals surface area contributed by atoms with Gasteiger partial charge in [-0.1, -0.05) is 6.07 Å². The van der Waals surface area contributed by atoms with Gasteiger partial charge in [0.05, 0.1) is 6.10 Å². The molecule has 1 aliphatic rings. The van der Waals surface area contributed by atoms with Gasteiger partial charge in [0.25, 0.3) is 5.56 Å². The summed E-state index contributed by atoms with van der Waals surface area (Å²) >= 11 is 0. The van der Waals surface area contributed by atoms with Crippen LogP contribution in [0.15, 0.2) is 29.2 Å². The first-order valence-corrected chi connectivity index (χ1v) is 6.87. The molecule has 2 N–H and O–H groups in total. The second-order valence-electron chi connectivity index (χ2n) is 5.04. The van der Waals surface area contributed by atoms with Crippen molar-refractivity contribution in [3.8, 4) is 0 Å². The summed E-state index contributed by atoms with van der Waals surface area (Å²) in [5.74, 6) is 0.